The molecule has 0 atom stereocenters. The topological polar surface area (TPSA) is 67.2 Å². The van der Waals surface area contributed by atoms with Crippen LogP contribution in [0.1, 0.15) is 30.2 Å². The molecule has 2 rings (SSSR count). The number of aromatic nitrogens is 2. The van der Waals surface area contributed by atoms with Crippen molar-refractivity contribution < 1.29 is 9.90 Å². The predicted molar refractivity (Wildman–Crippen MR) is 80.9 cm³/mol. The molecular formula is C16H21N3O2. The lowest BCUT2D eigenvalue weighted by Gasteiger charge is -2.05. The van der Waals surface area contributed by atoms with Crippen LogP contribution in [-0.4, -0.2) is 20.8 Å². The molecule has 1 amide bonds. The maximum absolute atomic E-state index is 11.9. The van der Waals surface area contributed by atoms with E-state index >= 15 is 0 Å². The number of carbonyl (C=O) groups is 1. The van der Waals surface area contributed by atoms with Crippen molar-refractivity contribution in [3.8, 4) is 5.75 Å². The Morgan fingerprint density at radius 3 is 2.71 bits per heavy atom. The van der Waals surface area contributed by atoms with Gasteiger partial charge in [0, 0.05) is 31.8 Å². The molecule has 0 unspecified atom stereocenters. The van der Waals surface area contributed by atoms with Crippen LogP contribution in [0.2, 0.25) is 0 Å². The van der Waals surface area contributed by atoms with Crippen molar-refractivity contribution in [2.75, 3.05) is 0 Å². The summed E-state index contributed by atoms with van der Waals surface area (Å²) in [5.74, 6) is 0.265. The maximum Gasteiger partial charge on any atom is 0.220 e. The molecule has 0 aliphatic rings. The minimum Gasteiger partial charge on any atom is -0.508 e. The smallest absolute Gasteiger partial charge is 0.220 e. The third-order valence-corrected chi connectivity index (χ3v) is 3.38. The minimum atomic E-state index is 0.0222. The fraction of sp³-hybridized carbons (Fsp3) is 0.375. The van der Waals surface area contributed by atoms with Crippen LogP contribution in [0.25, 0.3) is 0 Å². The second kappa shape index (κ2) is 6.92. The molecule has 2 N–H and O–H groups in total. The van der Waals surface area contributed by atoms with Crippen LogP contribution >= 0.6 is 0 Å². The van der Waals surface area contributed by atoms with Crippen LogP contribution < -0.4 is 5.32 Å². The van der Waals surface area contributed by atoms with Crippen LogP contribution in [0, 0.1) is 0 Å². The van der Waals surface area contributed by atoms with E-state index < -0.39 is 0 Å². The first-order chi connectivity index (χ1) is 10.1. The maximum atomic E-state index is 11.9. The van der Waals surface area contributed by atoms with Gasteiger partial charge in [0.05, 0.1) is 5.69 Å². The largest absolute Gasteiger partial charge is 0.508 e. The van der Waals surface area contributed by atoms with Crippen molar-refractivity contribution in [3.63, 3.8) is 0 Å². The van der Waals surface area contributed by atoms with E-state index in [1.54, 1.807) is 16.8 Å². The third kappa shape index (κ3) is 4.34. The van der Waals surface area contributed by atoms with Gasteiger partial charge in [0.1, 0.15) is 5.75 Å². The zero-order valence-corrected chi connectivity index (χ0v) is 12.5. The molecule has 0 bridgehead atoms. The van der Waals surface area contributed by atoms with Gasteiger partial charge in [0.15, 0.2) is 0 Å². The second-order valence-electron chi connectivity index (χ2n) is 5.07. The average molecular weight is 287 g/mol. The Labute approximate surface area is 124 Å². The van der Waals surface area contributed by atoms with E-state index in [-0.39, 0.29) is 11.7 Å². The van der Waals surface area contributed by atoms with Gasteiger partial charge in [0.25, 0.3) is 0 Å². The summed E-state index contributed by atoms with van der Waals surface area (Å²) in [4.78, 5) is 11.9. The van der Waals surface area contributed by atoms with E-state index in [0.29, 0.717) is 19.4 Å². The summed E-state index contributed by atoms with van der Waals surface area (Å²) in [5, 5.41) is 16.5. The normalized spacial score (nSPS) is 10.6. The van der Waals surface area contributed by atoms with Crippen molar-refractivity contribution in [1.29, 1.82) is 0 Å². The van der Waals surface area contributed by atoms with Gasteiger partial charge >= 0.3 is 0 Å². The zero-order valence-electron chi connectivity index (χ0n) is 12.5. The van der Waals surface area contributed by atoms with Gasteiger partial charge in [-0.15, -0.1) is 0 Å². The van der Waals surface area contributed by atoms with E-state index in [0.717, 1.165) is 23.2 Å². The molecule has 0 saturated heterocycles. The molecule has 112 valence electrons. The summed E-state index contributed by atoms with van der Waals surface area (Å²) >= 11 is 0. The fourth-order valence-electron chi connectivity index (χ4n) is 2.23. The van der Waals surface area contributed by atoms with E-state index in [4.69, 9.17) is 0 Å². The molecular weight excluding hydrogens is 266 g/mol. The molecule has 0 aliphatic carbocycles. The first-order valence-corrected chi connectivity index (χ1v) is 7.14. The number of phenolic OH excluding ortho intramolecular Hbond substituents is 1. The van der Waals surface area contributed by atoms with E-state index in [2.05, 4.69) is 17.3 Å². The van der Waals surface area contributed by atoms with Crippen molar-refractivity contribution in [3.05, 3.63) is 47.3 Å². The van der Waals surface area contributed by atoms with Crippen LogP contribution in [-0.2, 0) is 31.2 Å². The molecule has 0 aliphatic heterocycles. The summed E-state index contributed by atoms with van der Waals surface area (Å²) in [5.41, 5.74) is 3.13. The Bertz CT molecular complexity index is 602. The van der Waals surface area contributed by atoms with Gasteiger partial charge in [-0.2, -0.15) is 5.10 Å². The number of aryl methyl sites for hydroxylation is 3. The van der Waals surface area contributed by atoms with Crippen LogP contribution in [0.5, 0.6) is 5.75 Å². The minimum absolute atomic E-state index is 0.0222. The molecule has 21 heavy (non-hydrogen) atoms. The number of carbonyl (C=O) groups excluding carboxylic acids is 1. The summed E-state index contributed by atoms with van der Waals surface area (Å²) in [6, 6.07) is 6.94. The molecule has 5 heteroatoms. The quantitative estimate of drug-likeness (QED) is 0.853. The molecule has 1 aromatic carbocycles. The van der Waals surface area contributed by atoms with E-state index in [1.807, 2.05) is 25.4 Å². The van der Waals surface area contributed by atoms with Gasteiger partial charge in [-0.05, 0) is 30.5 Å². The highest BCUT2D eigenvalue weighted by Gasteiger charge is 2.08. The molecule has 0 spiro atoms. The van der Waals surface area contributed by atoms with E-state index in [9.17, 15) is 9.90 Å². The predicted octanol–water partition coefficient (Wildman–Crippen LogP) is 1.94. The Morgan fingerprint density at radius 2 is 2.05 bits per heavy atom. The number of rotatable bonds is 6. The standard InChI is InChI=1S/C16H21N3O2/c1-3-15-13(11-19(2)18-15)10-17-16(21)9-6-12-4-7-14(20)8-5-12/h4-5,7-8,11,20H,3,6,9-10H2,1-2H3,(H,17,21). The number of amides is 1. The van der Waals surface area contributed by atoms with Crippen molar-refractivity contribution in [2.45, 2.75) is 32.7 Å². The summed E-state index contributed by atoms with van der Waals surface area (Å²) in [7, 11) is 1.88. The fourth-order valence-corrected chi connectivity index (χ4v) is 2.23. The van der Waals surface area contributed by atoms with Crippen molar-refractivity contribution in [1.82, 2.24) is 15.1 Å². The Balaban J connectivity index is 1.80. The van der Waals surface area contributed by atoms with Gasteiger partial charge in [-0.25, -0.2) is 0 Å². The van der Waals surface area contributed by atoms with Gasteiger partial charge in [-0.3, -0.25) is 9.48 Å². The molecule has 0 fully saturated rings. The lowest BCUT2D eigenvalue weighted by Crippen LogP contribution is -2.23. The molecule has 1 heterocycles. The zero-order chi connectivity index (χ0) is 15.2. The number of nitrogens with zero attached hydrogens (tertiary/aromatic N) is 2. The first kappa shape index (κ1) is 15.1. The molecule has 5 nitrogen and oxygen atoms in total. The van der Waals surface area contributed by atoms with Gasteiger partial charge in [0.2, 0.25) is 5.91 Å². The number of nitrogens with one attached hydrogen (secondary N) is 1. The Hall–Kier alpha value is -2.30. The molecule has 2 aromatic rings. The van der Waals surface area contributed by atoms with Gasteiger partial charge < -0.3 is 10.4 Å². The number of hydrogen-bond donors (Lipinski definition) is 2. The molecule has 0 radical (unpaired) electrons. The molecule has 1 aromatic heterocycles. The Kier molecular flexibility index (Phi) is 4.98. The lowest BCUT2D eigenvalue weighted by molar-refractivity contribution is -0.121. The number of benzene rings is 1. The highest BCUT2D eigenvalue weighted by atomic mass is 16.3. The van der Waals surface area contributed by atoms with Crippen LogP contribution in [0.4, 0.5) is 0 Å². The summed E-state index contributed by atoms with van der Waals surface area (Å²) in [6.45, 7) is 2.57. The highest BCUT2D eigenvalue weighted by Crippen LogP contribution is 2.11. The van der Waals surface area contributed by atoms with Crippen LogP contribution in [0.15, 0.2) is 30.5 Å². The number of hydrogen-bond acceptors (Lipinski definition) is 3. The summed E-state index contributed by atoms with van der Waals surface area (Å²) < 4.78 is 1.77. The SMILES string of the molecule is CCc1nn(C)cc1CNC(=O)CCc1ccc(O)cc1. The monoisotopic (exact) mass is 287 g/mol. The third-order valence-electron chi connectivity index (χ3n) is 3.38. The first-order valence-electron chi connectivity index (χ1n) is 7.14. The average Bonchev–Trinajstić information content (AvgIpc) is 2.84. The highest BCUT2D eigenvalue weighted by molar-refractivity contribution is 5.76. The molecule has 0 saturated carbocycles. The van der Waals surface area contributed by atoms with Crippen molar-refractivity contribution >= 4 is 5.91 Å². The summed E-state index contributed by atoms with van der Waals surface area (Å²) in [6.07, 6.45) is 3.91. The van der Waals surface area contributed by atoms with E-state index in [1.165, 1.54) is 0 Å². The van der Waals surface area contributed by atoms with Gasteiger partial charge in [-0.1, -0.05) is 19.1 Å². The Morgan fingerprint density at radius 1 is 1.33 bits per heavy atom. The van der Waals surface area contributed by atoms with Crippen LogP contribution in [0.3, 0.4) is 0 Å². The lowest BCUT2D eigenvalue weighted by atomic mass is 10.1. The second-order valence-corrected chi connectivity index (χ2v) is 5.07. The number of phenols is 1. The number of aromatic hydroxyl groups is 1. The van der Waals surface area contributed by atoms with Crippen molar-refractivity contribution in [2.24, 2.45) is 7.05 Å².